The van der Waals surface area contributed by atoms with E-state index in [-0.39, 0.29) is 17.4 Å². The fourth-order valence-electron chi connectivity index (χ4n) is 4.25. The largest absolute Gasteiger partial charge is 0.391 e. The lowest BCUT2D eigenvalue weighted by molar-refractivity contribution is -0.133. The predicted molar refractivity (Wildman–Crippen MR) is 101 cm³/mol. The van der Waals surface area contributed by atoms with Crippen molar-refractivity contribution < 1.29 is 9.90 Å². The highest BCUT2D eigenvalue weighted by atomic mass is 32.1. The summed E-state index contributed by atoms with van der Waals surface area (Å²) in [6.45, 7) is 3.00. The molecule has 0 saturated carbocycles. The molecule has 4 rings (SSSR count). The molecule has 2 fully saturated rings. The number of rotatable bonds is 3. The Morgan fingerprint density at radius 2 is 2.19 bits per heavy atom. The lowest BCUT2D eigenvalue weighted by Gasteiger charge is -2.49. The highest BCUT2D eigenvalue weighted by molar-refractivity contribution is 7.08. The molecule has 2 aliphatic heterocycles. The van der Waals surface area contributed by atoms with Crippen LogP contribution in [-0.4, -0.2) is 58.2 Å². The first-order valence-electron chi connectivity index (χ1n) is 9.11. The van der Waals surface area contributed by atoms with Gasteiger partial charge in [-0.15, -0.1) is 0 Å². The minimum Gasteiger partial charge on any atom is -0.391 e. The van der Waals surface area contributed by atoms with Gasteiger partial charge in [-0.3, -0.25) is 9.78 Å². The number of thiophene rings is 1. The van der Waals surface area contributed by atoms with Crippen LogP contribution in [0.5, 0.6) is 0 Å². The summed E-state index contributed by atoms with van der Waals surface area (Å²) in [7, 11) is 0. The van der Waals surface area contributed by atoms with Crippen molar-refractivity contribution in [3.8, 4) is 0 Å². The van der Waals surface area contributed by atoms with Gasteiger partial charge in [0.1, 0.15) is 5.82 Å². The molecule has 26 heavy (non-hydrogen) atoms. The molecule has 1 spiro atoms. The molecular formula is C19H24N4O2S. The van der Waals surface area contributed by atoms with Crippen LogP contribution in [0.4, 0.5) is 5.82 Å². The second-order valence-corrected chi connectivity index (χ2v) is 8.27. The second kappa shape index (κ2) is 7.32. The van der Waals surface area contributed by atoms with E-state index >= 15 is 0 Å². The molecule has 0 bridgehead atoms. The van der Waals surface area contributed by atoms with Gasteiger partial charge in [0.25, 0.3) is 0 Å². The maximum Gasteiger partial charge on any atom is 0.227 e. The predicted octanol–water partition coefficient (Wildman–Crippen LogP) is 1.96. The Labute approximate surface area is 157 Å². The maximum atomic E-state index is 12.5. The number of aliphatic hydroxyl groups excluding tert-OH is 1. The molecule has 7 heteroatoms. The molecule has 2 saturated heterocycles. The zero-order valence-electron chi connectivity index (χ0n) is 14.8. The summed E-state index contributed by atoms with van der Waals surface area (Å²) in [6, 6.07) is 2.02. The fourth-order valence-corrected chi connectivity index (χ4v) is 4.92. The third-order valence-electron chi connectivity index (χ3n) is 5.61. The Kier molecular flexibility index (Phi) is 4.91. The van der Waals surface area contributed by atoms with Crippen LogP contribution in [-0.2, 0) is 11.2 Å². The normalized spacial score (nSPS) is 22.6. The number of piperidine rings is 2. The number of carbonyl (C=O) groups excluding carboxylic acids is 1. The minimum atomic E-state index is -0.362. The van der Waals surface area contributed by atoms with Gasteiger partial charge in [0, 0.05) is 38.6 Å². The van der Waals surface area contributed by atoms with Crippen LogP contribution in [0.2, 0.25) is 0 Å². The van der Waals surface area contributed by atoms with E-state index in [0.717, 1.165) is 50.3 Å². The minimum absolute atomic E-state index is 0.0499. The summed E-state index contributed by atoms with van der Waals surface area (Å²) in [5, 5.41) is 14.5. The van der Waals surface area contributed by atoms with Gasteiger partial charge < -0.3 is 14.9 Å². The van der Waals surface area contributed by atoms with Gasteiger partial charge in [-0.2, -0.15) is 11.3 Å². The van der Waals surface area contributed by atoms with Crippen molar-refractivity contribution in [3.05, 3.63) is 41.0 Å². The van der Waals surface area contributed by atoms with E-state index in [2.05, 4.69) is 14.9 Å². The standard InChI is InChI=1S/C19H24N4O2S/c24-16-10-19(14-23(12-16)17-11-20-4-5-21-17)2-6-22(7-3-19)18(25)9-15-1-8-26-13-15/h1,4-5,8,11,13,16,24H,2-3,6-7,9-10,12,14H2. The van der Waals surface area contributed by atoms with E-state index in [1.807, 2.05) is 21.7 Å². The SMILES string of the molecule is O=C(Cc1ccsc1)N1CCC2(CC1)CC(O)CN(c1cnccn1)C2. The van der Waals surface area contributed by atoms with Crippen molar-refractivity contribution in [2.24, 2.45) is 5.41 Å². The maximum absolute atomic E-state index is 12.5. The number of anilines is 1. The summed E-state index contributed by atoms with van der Waals surface area (Å²) in [5.41, 5.74) is 1.15. The van der Waals surface area contributed by atoms with Crippen molar-refractivity contribution in [2.45, 2.75) is 31.8 Å². The summed E-state index contributed by atoms with van der Waals surface area (Å²) in [4.78, 5) is 25.2. The third kappa shape index (κ3) is 3.73. The lowest BCUT2D eigenvalue weighted by atomic mass is 9.71. The quantitative estimate of drug-likeness (QED) is 0.892. The monoisotopic (exact) mass is 372 g/mol. The van der Waals surface area contributed by atoms with E-state index in [0.29, 0.717) is 13.0 Å². The van der Waals surface area contributed by atoms with Gasteiger partial charge in [0.15, 0.2) is 0 Å². The Morgan fingerprint density at radius 3 is 2.88 bits per heavy atom. The van der Waals surface area contributed by atoms with E-state index in [1.165, 1.54) is 0 Å². The Morgan fingerprint density at radius 1 is 1.35 bits per heavy atom. The van der Waals surface area contributed by atoms with Crippen LogP contribution in [0.1, 0.15) is 24.8 Å². The van der Waals surface area contributed by atoms with Crippen LogP contribution in [0, 0.1) is 5.41 Å². The third-order valence-corrected chi connectivity index (χ3v) is 6.34. The fraction of sp³-hybridized carbons (Fsp3) is 0.526. The molecule has 138 valence electrons. The summed E-state index contributed by atoms with van der Waals surface area (Å²) >= 11 is 1.63. The summed E-state index contributed by atoms with van der Waals surface area (Å²) < 4.78 is 0. The lowest BCUT2D eigenvalue weighted by Crippen LogP contribution is -2.55. The number of likely N-dealkylation sites (tertiary alicyclic amines) is 1. The van der Waals surface area contributed by atoms with Gasteiger partial charge in [0.2, 0.25) is 5.91 Å². The van der Waals surface area contributed by atoms with Crippen LogP contribution in [0.3, 0.4) is 0 Å². The average molecular weight is 372 g/mol. The number of β-amino-alcohol motifs (C(OH)–C–C–N with tert-alkyl or cyclic N) is 1. The molecule has 6 nitrogen and oxygen atoms in total. The van der Waals surface area contributed by atoms with E-state index in [1.54, 1.807) is 29.9 Å². The van der Waals surface area contributed by atoms with Gasteiger partial charge in [-0.1, -0.05) is 0 Å². The van der Waals surface area contributed by atoms with Crippen LogP contribution < -0.4 is 4.90 Å². The Bertz CT molecular complexity index is 729. The van der Waals surface area contributed by atoms with Crippen molar-refractivity contribution in [1.82, 2.24) is 14.9 Å². The van der Waals surface area contributed by atoms with Gasteiger partial charge in [-0.25, -0.2) is 4.98 Å². The average Bonchev–Trinajstić information content (AvgIpc) is 3.15. The summed E-state index contributed by atoms with van der Waals surface area (Å²) in [6.07, 6.45) is 7.89. The number of amides is 1. The molecular weight excluding hydrogens is 348 g/mol. The molecule has 2 aromatic rings. The molecule has 1 atom stereocenters. The van der Waals surface area contributed by atoms with Crippen molar-refractivity contribution >= 4 is 23.1 Å². The highest BCUT2D eigenvalue weighted by Gasteiger charge is 2.42. The summed E-state index contributed by atoms with van der Waals surface area (Å²) in [5.74, 6) is 1.03. The van der Waals surface area contributed by atoms with Gasteiger partial charge in [0.05, 0.1) is 18.7 Å². The van der Waals surface area contributed by atoms with E-state index in [4.69, 9.17) is 0 Å². The number of nitrogens with zero attached hydrogens (tertiary/aromatic N) is 4. The first kappa shape index (κ1) is 17.4. The zero-order valence-corrected chi connectivity index (χ0v) is 15.6. The van der Waals surface area contributed by atoms with Crippen molar-refractivity contribution in [1.29, 1.82) is 0 Å². The molecule has 2 aliphatic rings. The van der Waals surface area contributed by atoms with Crippen LogP contribution in [0.15, 0.2) is 35.4 Å². The molecule has 2 aromatic heterocycles. The van der Waals surface area contributed by atoms with E-state index in [9.17, 15) is 9.90 Å². The Balaban J connectivity index is 1.40. The molecule has 0 aromatic carbocycles. The molecule has 1 N–H and O–H groups in total. The van der Waals surface area contributed by atoms with Crippen molar-refractivity contribution in [2.75, 3.05) is 31.1 Å². The zero-order chi connectivity index (χ0) is 18.0. The molecule has 4 heterocycles. The Hall–Kier alpha value is -1.99. The second-order valence-electron chi connectivity index (χ2n) is 7.49. The smallest absolute Gasteiger partial charge is 0.227 e. The number of aromatic nitrogens is 2. The van der Waals surface area contributed by atoms with Crippen molar-refractivity contribution in [3.63, 3.8) is 0 Å². The van der Waals surface area contributed by atoms with Gasteiger partial charge in [-0.05, 0) is 47.1 Å². The first-order valence-corrected chi connectivity index (χ1v) is 10.1. The number of hydrogen-bond acceptors (Lipinski definition) is 6. The number of carbonyl (C=O) groups is 1. The van der Waals surface area contributed by atoms with Gasteiger partial charge >= 0.3 is 0 Å². The number of hydrogen-bond donors (Lipinski definition) is 1. The van der Waals surface area contributed by atoms with Crippen LogP contribution >= 0.6 is 11.3 Å². The molecule has 1 unspecified atom stereocenters. The van der Waals surface area contributed by atoms with E-state index < -0.39 is 0 Å². The molecule has 1 amide bonds. The topological polar surface area (TPSA) is 69.6 Å². The number of aliphatic hydroxyl groups is 1. The highest BCUT2D eigenvalue weighted by Crippen LogP contribution is 2.41. The molecule has 0 aliphatic carbocycles. The van der Waals surface area contributed by atoms with Crippen LogP contribution in [0.25, 0.3) is 0 Å². The molecule has 0 radical (unpaired) electrons. The first-order chi connectivity index (χ1) is 12.6.